The summed E-state index contributed by atoms with van der Waals surface area (Å²) >= 11 is 3.48. The Labute approximate surface area is 127 Å². The average Bonchev–Trinajstić information content (AvgIpc) is 2.46. The van der Waals surface area contributed by atoms with Gasteiger partial charge in [0.15, 0.2) is 0 Å². The number of methoxy groups -OCH3 is 2. The summed E-state index contributed by atoms with van der Waals surface area (Å²) in [6.07, 6.45) is 0. The highest BCUT2D eigenvalue weighted by molar-refractivity contribution is 9.10. The van der Waals surface area contributed by atoms with Crippen LogP contribution >= 0.6 is 15.9 Å². The van der Waals surface area contributed by atoms with E-state index in [1.54, 1.807) is 14.2 Å². The van der Waals surface area contributed by atoms with Crippen molar-refractivity contribution >= 4 is 15.9 Å². The van der Waals surface area contributed by atoms with E-state index in [4.69, 9.17) is 15.2 Å². The molecule has 0 aromatic heterocycles. The zero-order valence-corrected chi connectivity index (χ0v) is 13.4. The van der Waals surface area contributed by atoms with Crippen molar-refractivity contribution in [3.05, 3.63) is 58.1 Å². The molecular weight excluding hydrogens is 318 g/mol. The number of nitrogens with two attached hydrogens (primary N) is 1. The van der Waals surface area contributed by atoms with Gasteiger partial charge >= 0.3 is 0 Å². The van der Waals surface area contributed by atoms with Crippen LogP contribution in [0.25, 0.3) is 0 Å². The lowest BCUT2D eigenvalue weighted by Crippen LogP contribution is -2.35. The number of ether oxygens (including phenoxy) is 2. The number of halogens is 1. The topological polar surface area (TPSA) is 44.5 Å². The van der Waals surface area contributed by atoms with Crippen molar-refractivity contribution in [2.45, 2.75) is 12.5 Å². The van der Waals surface area contributed by atoms with Crippen molar-refractivity contribution in [2.24, 2.45) is 5.73 Å². The first-order chi connectivity index (χ1) is 9.50. The van der Waals surface area contributed by atoms with Gasteiger partial charge in [0.1, 0.15) is 11.5 Å². The van der Waals surface area contributed by atoms with Gasteiger partial charge in [-0.15, -0.1) is 0 Å². The van der Waals surface area contributed by atoms with Crippen LogP contribution in [0.5, 0.6) is 11.5 Å². The van der Waals surface area contributed by atoms with Crippen LogP contribution < -0.4 is 15.2 Å². The van der Waals surface area contributed by atoms with E-state index in [-0.39, 0.29) is 0 Å². The molecule has 3 nitrogen and oxygen atoms in total. The van der Waals surface area contributed by atoms with Crippen LogP contribution in [0.2, 0.25) is 0 Å². The van der Waals surface area contributed by atoms with Crippen LogP contribution in [-0.2, 0) is 5.54 Å². The molecule has 0 saturated heterocycles. The van der Waals surface area contributed by atoms with Gasteiger partial charge in [0.25, 0.3) is 0 Å². The van der Waals surface area contributed by atoms with Gasteiger partial charge in [-0.25, -0.2) is 0 Å². The highest BCUT2D eigenvalue weighted by Gasteiger charge is 2.31. The fourth-order valence-electron chi connectivity index (χ4n) is 2.32. The summed E-state index contributed by atoms with van der Waals surface area (Å²) in [5, 5.41) is 0. The van der Waals surface area contributed by atoms with E-state index in [1.165, 1.54) is 0 Å². The second-order valence-corrected chi connectivity index (χ2v) is 5.67. The monoisotopic (exact) mass is 335 g/mol. The molecule has 0 amide bonds. The van der Waals surface area contributed by atoms with E-state index in [2.05, 4.69) is 15.9 Å². The molecule has 4 heteroatoms. The molecule has 0 radical (unpaired) electrons. The molecule has 0 aliphatic carbocycles. The average molecular weight is 336 g/mol. The van der Waals surface area contributed by atoms with E-state index >= 15 is 0 Å². The minimum Gasteiger partial charge on any atom is -0.496 e. The first kappa shape index (κ1) is 14.9. The van der Waals surface area contributed by atoms with E-state index in [0.29, 0.717) is 11.5 Å². The molecule has 2 rings (SSSR count). The largest absolute Gasteiger partial charge is 0.496 e. The van der Waals surface area contributed by atoms with Gasteiger partial charge in [0.05, 0.1) is 25.3 Å². The van der Waals surface area contributed by atoms with Gasteiger partial charge in [-0.3, -0.25) is 0 Å². The van der Waals surface area contributed by atoms with Crippen molar-refractivity contribution < 1.29 is 9.47 Å². The van der Waals surface area contributed by atoms with Crippen molar-refractivity contribution in [3.8, 4) is 11.5 Å². The van der Waals surface area contributed by atoms with Crippen LogP contribution in [0.3, 0.4) is 0 Å². The van der Waals surface area contributed by atoms with Gasteiger partial charge in [-0.1, -0.05) is 34.1 Å². The molecule has 0 bridgehead atoms. The van der Waals surface area contributed by atoms with Crippen molar-refractivity contribution in [1.82, 2.24) is 0 Å². The summed E-state index contributed by atoms with van der Waals surface area (Å²) < 4.78 is 11.9. The quantitative estimate of drug-likeness (QED) is 0.926. The predicted molar refractivity (Wildman–Crippen MR) is 84.3 cm³/mol. The molecule has 2 aromatic carbocycles. The van der Waals surface area contributed by atoms with Gasteiger partial charge in [-0.05, 0) is 36.8 Å². The van der Waals surface area contributed by atoms with E-state index in [9.17, 15) is 0 Å². The smallest absolute Gasteiger partial charge is 0.127 e. The number of benzene rings is 2. The fraction of sp³-hybridized carbons (Fsp3) is 0.250. The lowest BCUT2D eigenvalue weighted by molar-refractivity contribution is 0.369. The normalized spacial score (nSPS) is 13.7. The highest BCUT2D eigenvalue weighted by Crippen LogP contribution is 2.40. The summed E-state index contributed by atoms with van der Waals surface area (Å²) in [5.74, 6) is 1.43. The fourth-order valence-corrected chi connectivity index (χ4v) is 2.72. The van der Waals surface area contributed by atoms with Crippen molar-refractivity contribution in [2.75, 3.05) is 14.2 Å². The van der Waals surface area contributed by atoms with Crippen molar-refractivity contribution in [3.63, 3.8) is 0 Å². The third kappa shape index (κ3) is 2.67. The van der Waals surface area contributed by atoms with Crippen LogP contribution in [-0.4, -0.2) is 14.2 Å². The van der Waals surface area contributed by atoms with E-state index in [1.807, 2.05) is 49.4 Å². The Morgan fingerprint density at radius 3 is 2.05 bits per heavy atom. The zero-order chi connectivity index (χ0) is 14.8. The summed E-state index contributed by atoms with van der Waals surface area (Å²) in [4.78, 5) is 0. The Hall–Kier alpha value is -1.52. The third-order valence-electron chi connectivity index (χ3n) is 3.37. The maximum Gasteiger partial charge on any atom is 0.127 e. The van der Waals surface area contributed by atoms with Crippen LogP contribution in [0.1, 0.15) is 18.1 Å². The SMILES string of the molecule is COc1cccc(OC)c1C(C)(N)c1cccc(Br)c1. The summed E-state index contributed by atoms with van der Waals surface area (Å²) in [6, 6.07) is 13.6. The lowest BCUT2D eigenvalue weighted by Gasteiger charge is -2.29. The molecule has 0 aliphatic heterocycles. The standard InChI is InChI=1S/C16H18BrNO2/c1-16(18,11-6-4-7-12(17)10-11)15-13(19-2)8-5-9-14(15)20-3/h4-10H,18H2,1-3H3. The molecule has 2 N–H and O–H groups in total. The number of rotatable bonds is 4. The summed E-state index contributed by atoms with van der Waals surface area (Å²) in [7, 11) is 3.27. The van der Waals surface area contributed by atoms with Gasteiger partial charge in [0, 0.05) is 4.47 Å². The molecule has 0 spiro atoms. The lowest BCUT2D eigenvalue weighted by atomic mass is 9.84. The molecule has 20 heavy (non-hydrogen) atoms. The zero-order valence-electron chi connectivity index (χ0n) is 11.8. The number of hydrogen-bond donors (Lipinski definition) is 1. The molecule has 0 aliphatic rings. The summed E-state index contributed by atoms with van der Waals surface area (Å²) in [6.45, 7) is 1.95. The molecule has 2 aromatic rings. The maximum absolute atomic E-state index is 6.60. The Bertz CT molecular complexity index is 589. The maximum atomic E-state index is 6.60. The Balaban J connectivity index is 2.64. The Morgan fingerprint density at radius 2 is 1.55 bits per heavy atom. The molecule has 1 atom stereocenters. The molecule has 0 fully saturated rings. The highest BCUT2D eigenvalue weighted by atomic mass is 79.9. The third-order valence-corrected chi connectivity index (χ3v) is 3.86. The molecule has 0 saturated carbocycles. The first-order valence-corrected chi connectivity index (χ1v) is 7.06. The van der Waals surface area contributed by atoms with Gasteiger partial charge in [0.2, 0.25) is 0 Å². The second-order valence-electron chi connectivity index (χ2n) is 4.75. The minimum atomic E-state index is -0.721. The number of hydrogen-bond acceptors (Lipinski definition) is 3. The van der Waals surface area contributed by atoms with Crippen LogP contribution in [0.15, 0.2) is 46.9 Å². The summed E-state index contributed by atoms with van der Waals surface area (Å²) in [5.41, 5.74) is 7.70. The van der Waals surface area contributed by atoms with Gasteiger partial charge < -0.3 is 15.2 Å². The molecule has 1 unspecified atom stereocenters. The van der Waals surface area contributed by atoms with Crippen LogP contribution in [0, 0.1) is 0 Å². The Kier molecular flexibility index (Phi) is 4.35. The Morgan fingerprint density at radius 1 is 1.00 bits per heavy atom. The second kappa shape index (κ2) is 5.85. The van der Waals surface area contributed by atoms with Crippen molar-refractivity contribution in [1.29, 1.82) is 0 Å². The van der Waals surface area contributed by atoms with Crippen LogP contribution in [0.4, 0.5) is 0 Å². The molecule has 0 heterocycles. The van der Waals surface area contributed by atoms with E-state index in [0.717, 1.165) is 15.6 Å². The van der Waals surface area contributed by atoms with Gasteiger partial charge in [-0.2, -0.15) is 0 Å². The minimum absolute atomic E-state index is 0.717. The molecule has 106 valence electrons. The van der Waals surface area contributed by atoms with E-state index < -0.39 is 5.54 Å². The first-order valence-electron chi connectivity index (χ1n) is 6.27. The predicted octanol–water partition coefficient (Wildman–Crippen LogP) is 3.69. The molecular formula is C16H18BrNO2.